The van der Waals surface area contributed by atoms with Gasteiger partial charge < -0.3 is 10.2 Å². The Kier molecular flexibility index (Phi) is 3.52. The number of carbonyl (C=O) groups excluding carboxylic acids is 1. The van der Waals surface area contributed by atoms with Crippen LogP contribution in [0, 0.1) is 5.92 Å². The van der Waals surface area contributed by atoms with Gasteiger partial charge in [-0.25, -0.2) is 0 Å². The number of aromatic nitrogens is 2. The summed E-state index contributed by atoms with van der Waals surface area (Å²) < 4.78 is 0. The average Bonchev–Trinajstić information content (AvgIpc) is 3.33. The molecule has 6 nitrogen and oxygen atoms in total. The van der Waals surface area contributed by atoms with E-state index in [1.54, 1.807) is 12.4 Å². The number of hydrogen-bond donors (Lipinski definition) is 1. The maximum atomic E-state index is 11.9. The zero-order chi connectivity index (χ0) is 16.7. The van der Waals surface area contributed by atoms with Gasteiger partial charge >= 0.3 is 0 Å². The molecule has 0 bridgehead atoms. The maximum Gasteiger partial charge on any atom is 0.224 e. The third-order valence-corrected chi connectivity index (χ3v) is 4.11. The van der Waals surface area contributed by atoms with E-state index in [-0.39, 0.29) is 5.91 Å². The number of hydrogen-bond acceptors (Lipinski definition) is 5. The van der Waals surface area contributed by atoms with E-state index in [1.807, 2.05) is 38.4 Å². The summed E-state index contributed by atoms with van der Waals surface area (Å²) in [6.07, 6.45) is 8.02. The molecule has 122 valence electrons. The molecule has 4 heterocycles. The van der Waals surface area contributed by atoms with Crippen LogP contribution in [0.4, 0.5) is 11.4 Å². The van der Waals surface area contributed by atoms with Gasteiger partial charge in [-0.05, 0) is 18.1 Å². The van der Waals surface area contributed by atoms with Crippen LogP contribution < -0.4 is 10.2 Å². The van der Waals surface area contributed by atoms with Crippen LogP contribution in [0.2, 0.25) is 0 Å². The second kappa shape index (κ2) is 5.70. The molecular formula is C18H19N5O. The number of pyridine rings is 2. The number of nitrogens with zero attached hydrogens (tertiary/aromatic N) is 4. The standard InChI is InChI=1S/C18H19N5O/c1-11(2)3-18(24)22-14-4-12(6-19-8-14)15-5-13-7-21-17-10-23(17)16(13)9-20-15/h4-9,11,17H,3,10H2,1-2H3,(H,22,24). The summed E-state index contributed by atoms with van der Waals surface area (Å²) in [5.74, 6) is 0.325. The quantitative estimate of drug-likeness (QED) is 0.879. The van der Waals surface area contributed by atoms with E-state index < -0.39 is 0 Å². The van der Waals surface area contributed by atoms with Crippen LogP contribution in [0.25, 0.3) is 11.3 Å². The Morgan fingerprint density at radius 1 is 1.33 bits per heavy atom. The zero-order valence-corrected chi connectivity index (χ0v) is 13.7. The monoisotopic (exact) mass is 321 g/mol. The molecule has 0 spiro atoms. The number of nitrogens with one attached hydrogen (secondary N) is 1. The Hall–Kier alpha value is -2.76. The molecule has 2 aromatic rings. The summed E-state index contributed by atoms with van der Waals surface area (Å²) in [6, 6.07) is 3.92. The first-order valence-electron chi connectivity index (χ1n) is 8.15. The van der Waals surface area contributed by atoms with Gasteiger partial charge in [0.25, 0.3) is 0 Å². The second-order valence-corrected chi connectivity index (χ2v) is 6.65. The minimum absolute atomic E-state index is 0.00191. The smallest absolute Gasteiger partial charge is 0.224 e. The fourth-order valence-corrected chi connectivity index (χ4v) is 2.88. The molecule has 0 radical (unpaired) electrons. The Balaban J connectivity index is 1.58. The molecular weight excluding hydrogens is 302 g/mol. The number of amides is 1. The van der Waals surface area contributed by atoms with Crippen LogP contribution in [-0.4, -0.2) is 34.8 Å². The van der Waals surface area contributed by atoms with Crippen molar-refractivity contribution in [2.45, 2.75) is 26.4 Å². The summed E-state index contributed by atoms with van der Waals surface area (Å²) in [6.45, 7) is 5.02. The SMILES string of the molecule is CC(C)CC(=O)Nc1cncc(-c2cc3c(cn2)N2CC2N=C3)c1. The molecule has 0 saturated carbocycles. The van der Waals surface area contributed by atoms with Crippen molar-refractivity contribution in [3.05, 3.63) is 36.3 Å². The normalized spacial score (nSPS) is 17.5. The molecule has 2 aromatic heterocycles. The lowest BCUT2D eigenvalue weighted by Crippen LogP contribution is -2.14. The first-order chi connectivity index (χ1) is 11.6. The number of aliphatic imine (C=N–C) groups is 1. The maximum absolute atomic E-state index is 11.9. The van der Waals surface area contributed by atoms with Crippen LogP contribution in [0.1, 0.15) is 25.8 Å². The Labute approximate surface area is 140 Å². The van der Waals surface area contributed by atoms with Crippen molar-refractivity contribution in [1.29, 1.82) is 0 Å². The highest BCUT2D eigenvalue weighted by Crippen LogP contribution is 2.35. The van der Waals surface area contributed by atoms with E-state index >= 15 is 0 Å². The molecule has 4 rings (SSSR count). The molecule has 0 aliphatic carbocycles. The van der Waals surface area contributed by atoms with Gasteiger partial charge in [0.2, 0.25) is 5.91 Å². The van der Waals surface area contributed by atoms with E-state index in [9.17, 15) is 4.79 Å². The van der Waals surface area contributed by atoms with E-state index in [1.165, 1.54) is 0 Å². The number of fused-ring (bicyclic) bond motifs is 3. The third kappa shape index (κ3) is 2.87. The molecule has 0 aromatic carbocycles. The molecule has 1 saturated heterocycles. The Morgan fingerprint density at radius 3 is 3.04 bits per heavy atom. The summed E-state index contributed by atoms with van der Waals surface area (Å²) in [7, 11) is 0. The fraction of sp³-hybridized carbons (Fsp3) is 0.333. The van der Waals surface area contributed by atoms with Crippen molar-refractivity contribution in [3.63, 3.8) is 0 Å². The minimum atomic E-state index is 0.00191. The number of carbonyl (C=O) groups is 1. The van der Waals surface area contributed by atoms with Gasteiger partial charge in [-0.3, -0.25) is 19.8 Å². The van der Waals surface area contributed by atoms with Crippen molar-refractivity contribution in [2.75, 3.05) is 16.8 Å². The average molecular weight is 321 g/mol. The largest absolute Gasteiger partial charge is 0.342 e. The second-order valence-electron chi connectivity index (χ2n) is 6.65. The van der Waals surface area contributed by atoms with Gasteiger partial charge in [0.05, 0.1) is 36.0 Å². The number of anilines is 2. The lowest BCUT2D eigenvalue weighted by atomic mass is 10.1. The molecule has 1 amide bonds. The molecule has 1 atom stereocenters. The molecule has 6 heteroatoms. The van der Waals surface area contributed by atoms with Gasteiger partial charge in [0, 0.05) is 30.0 Å². The predicted octanol–water partition coefficient (Wildman–Crippen LogP) is 2.71. The van der Waals surface area contributed by atoms with E-state index in [4.69, 9.17) is 0 Å². The summed E-state index contributed by atoms with van der Waals surface area (Å²) in [5, 5.41) is 2.90. The topological polar surface area (TPSA) is 70.2 Å². The Morgan fingerprint density at radius 2 is 2.21 bits per heavy atom. The third-order valence-electron chi connectivity index (χ3n) is 4.11. The van der Waals surface area contributed by atoms with Crippen LogP contribution >= 0.6 is 0 Å². The van der Waals surface area contributed by atoms with E-state index in [0.717, 1.165) is 29.1 Å². The van der Waals surface area contributed by atoms with E-state index in [2.05, 4.69) is 25.2 Å². The van der Waals surface area contributed by atoms with Gasteiger partial charge in [-0.15, -0.1) is 0 Å². The zero-order valence-electron chi connectivity index (χ0n) is 13.7. The highest BCUT2D eigenvalue weighted by atomic mass is 16.1. The van der Waals surface area contributed by atoms with Gasteiger partial charge in [-0.1, -0.05) is 13.8 Å². The van der Waals surface area contributed by atoms with Crippen LogP contribution in [0.3, 0.4) is 0 Å². The van der Waals surface area contributed by atoms with Crippen molar-refractivity contribution in [2.24, 2.45) is 10.9 Å². The molecule has 1 N–H and O–H groups in total. The Bertz CT molecular complexity index is 830. The lowest BCUT2D eigenvalue weighted by molar-refractivity contribution is -0.116. The number of rotatable bonds is 4. The predicted molar refractivity (Wildman–Crippen MR) is 94.3 cm³/mol. The molecule has 2 aliphatic heterocycles. The first-order valence-corrected chi connectivity index (χ1v) is 8.15. The van der Waals surface area contributed by atoms with Gasteiger partial charge in [0.15, 0.2) is 0 Å². The molecule has 1 fully saturated rings. The van der Waals surface area contributed by atoms with Gasteiger partial charge in [0.1, 0.15) is 6.17 Å². The van der Waals surface area contributed by atoms with Crippen LogP contribution in [-0.2, 0) is 4.79 Å². The van der Waals surface area contributed by atoms with Crippen molar-refractivity contribution >= 4 is 23.5 Å². The van der Waals surface area contributed by atoms with Crippen LogP contribution in [0.5, 0.6) is 0 Å². The molecule has 2 aliphatic rings. The highest BCUT2D eigenvalue weighted by molar-refractivity contribution is 5.94. The lowest BCUT2D eigenvalue weighted by Gasteiger charge is -2.13. The summed E-state index contributed by atoms with van der Waals surface area (Å²) in [4.78, 5) is 27.4. The van der Waals surface area contributed by atoms with Crippen molar-refractivity contribution in [1.82, 2.24) is 9.97 Å². The summed E-state index contributed by atoms with van der Waals surface area (Å²) >= 11 is 0. The minimum Gasteiger partial charge on any atom is -0.342 e. The van der Waals surface area contributed by atoms with Crippen molar-refractivity contribution < 1.29 is 4.79 Å². The van der Waals surface area contributed by atoms with E-state index in [0.29, 0.717) is 24.2 Å². The van der Waals surface area contributed by atoms with Crippen LogP contribution in [0.15, 0.2) is 35.7 Å². The molecule has 1 unspecified atom stereocenters. The van der Waals surface area contributed by atoms with Gasteiger partial charge in [-0.2, -0.15) is 0 Å². The summed E-state index contributed by atoms with van der Waals surface area (Å²) in [5.41, 5.74) is 4.60. The fourth-order valence-electron chi connectivity index (χ4n) is 2.88. The highest BCUT2D eigenvalue weighted by Gasteiger charge is 2.37. The first kappa shape index (κ1) is 14.8. The van der Waals surface area contributed by atoms with Crippen molar-refractivity contribution in [3.8, 4) is 11.3 Å². The molecule has 24 heavy (non-hydrogen) atoms.